The van der Waals surface area contributed by atoms with Crippen LogP contribution in [0, 0.1) is 0 Å². The zero-order chi connectivity index (χ0) is 63.7. The lowest BCUT2D eigenvalue weighted by Gasteiger charge is -2.19. The molecule has 0 spiro atoms. The summed E-state index contributed by atoms with van der Waals surface area (Å²) in [6, 6.07) is 6.90. The van der Waals surface area contributed by atoms with Gasteiger partial charge in [-0.1, -0.05) is 41.5 Å². The Labute approximate surface area is 520 Å². The largest absolute Gasteiger partial charge is 0.396 e. The maximum absolute atomic E-state index is 10.1. The summed E-state index contributed by atoms with van der Waals surface area (Å²) in [4.78, 5) is 14.7. The third kappa shape index (κ3) is 14.5. The molecule has 0 fully saturated rings. The zero-order valence-corrected chi connectivity index (χ0v) is 52.2. The summed E-state index contributed by atoms with van der Waals surface area (Å²) in [6.07, 6.45) is 38.9. The van der Waals surface area contributed by atoms with E-state index in [1.54, 1.807) is 86.5 Å². The standard InChI is InChI=1S/3C21H27N7O2/c2*1-4-17(5-2)27-11-16(9-24-27)20-19-6-7-22-28(19)12-18(25-20)15-8-23-26(10-15)13-21(3,30)14-29;1-3-17(4-2)27-12-16(10-24-27)21-20-5-7-22-28(20)14-19(25-21)15-9-23-26(11-15)13-18(30)6-8-29/h2*6-12,17,29-30H,4-5,13-14H2,1-3H3;5,7,9-12,14,17-18,29-30H,3-4,6,8,13H2,1-2H3/t2*21-;18-/m101/s1. The molecule has 3 atom stereocenters. The van der Waals surface area contributed by atoms with Gasteiger partial charge in [0.05, 0.1) is 182 Å². The number of aliphatic hydroxyl groups is 6. The van der Waals surface area contributed by atoms with E-state index in [1.165, 1.54) is 0 Å². The second-order valence-corrected chi connectivity index (χ2v) is 23.2. The van der Waals surface area contributed by atoms with Crippen LogP contribution in [0.4, 0.5) is 0 Å². The number of nitrogens with zero attached hydrogens (tertiary/aromatic N) is 21. The van der Waals surface area contributed by atoms with Gasteiger partial charge in [-0.15, -0.1) is 0 Å². The Balaban J connectivity index is 0.000000148. The van der Waals surface area contributed by atoms with E-state index in [4.69, 9.17) is 20.1 Å². The number of rotatable bonds is 25. The maximum Gasteiger partial charge on any atom is 0.104 e. The first kappa shape index (κ1) is 63.9. The molecule has 0 unspecified atom stereocenters. The number of fused-ring (bicyclic) bond motifs is 3. The molecule has 0 aromatic carbocycles. The molecule has 27 heteroatoms. The van der Waals surface area contributed by atoms with Gasteiger partial charge in [-0.3, -0.25) is 28.1 Å². The number of hydrogen-bond donors (Lipinski definition) is 6. The van der Waals surface area contributed by atoms with Gasteiger partial charge in [0.15, 0.2) is 0 Å². The molecule has 0 aliphatic rings. The molecule has 0 bridgehead atoms. The summed E-state index contributed by atoms with van der Waals surface area (Å²) in [7, 11) is 0. The molecule has 0 radical (unpaired) electrons. The lowest BCUT2D eigenvalue weighted by molar-refractivity contribution is -0.0147. The van der Waals surface area contributed by atoms with Gasteiger partial charge in [0.1, 0.15) is 11.2 Å². The van der Waals surface area contributed by atoms with E-state index in [1.807, 2.05) is 98.7 Å². The van der Waals surface area contributed by atoms with Crippen molar-refractivity contribution in [1.29, 1.82) is 0 Å². The second kappa shape index (κ2) is 28.1. The van der Waals surface area contributed by atoms with Gasteiger partial charge in [-0.05, 0) is 77.0 Å². The summed E-state index contributed by atoms with van der Waals surface area (Å²) < 4.78 is 16.3. The fourth-order valence-electron chi connectivity index (χ4n) is 10.8. The van der Waals surface area contributed by atoms with Crippen LogP contribution in [0.3, 0.4) is 0 Å². The predicted octanol–water partition coefficient (Wildman–Crippen LogP) is 7.68. The highest BCUT2D eigenvalue weighted by Gasteiger charge is 2.24. The first-order valence-electron chi connectivity index (χ1n) is 30.7. The summed E-state index contributed by atoms with van der Waals surface area (Å²) in [5.74, 6) is 0. The quantitative estimate of drug-likeness (QED) is 0.0319. The molecule has 90 heavy (non-hydrogen) atoms. The van der Waals surface area contributed by atoms with E-state index in [0.29, 0.717) is 42.5 Å². The van der Waals surface area contributed by atoms with Crippen LogP contribution in [0.2, 0.25) is 0 Å². The summed E-state index contributed by atoms with van der Waals surface area (Å²) >= 11 is 0. The van der Waals surface area contributed by atoms with Gasteiger partial charge in [0.2, 0.25) is 0 Å². The fraction of sp³-hybridized carbons (Fsp3) is 0.429. The molecule has 0 aliphatic carbocycles. The minimum atomic E-state index is -1.24. The van der Waals surface area contributed by atoms with Crippen molar-refractivity contribution < 1.29 is 30.6 Å². The zero-order valence-electron chi connectivity index (χ0n) is 52.2. The highest BCUT2D eigenvalue weighted by Crippen LogP contribution is 2.32. The van der Waals surface area contributed by atoms with Crippen molar-refractivity contribution in [2.24, 2.45) is 0 Å². The van der Waals surface area contributed by atoms with Crippen molar-refractivity contribution in [1.82, 2.24) is 102 Å². The first-order valence-corrected chi connectivity index (χ1v) is 30.7. The molecule has 0 amide bonds. The van der Waals surface area contributed by atoms with Gasteiger partial charge in [-0.25, -0.2) is 28.5 Å². The van der Waals surface area contributed by atoms with E-state index < -0.39 is 17.3 Å². The molecule has 0 saturated carbocycles. The van der Waals surface area contributed by atoms with Gasteiger partial charge in [0.25, 0.3) is 0 Å². The molecule has 12 heterocycles. The Morgan fingerprint density at radius 1 is 0.400 bits per heavy atom. The third-order valence-electron chi connectivity index (χ3n) is 16.1. The molecule has 0 aliphatic heterocycles. The smallest absolute Gasteiger partial charge is 0.104 e. The molecule has 474 valence electrons. The van der Waals surface area contributed by atoms with Crippen LogP contribution in [0.15, 0.2) is 130 Å². The fourth-order valence-corrected chi connectivity index (χ4v) is 10.8. The monoisotopic (exact) mass is 1230 g/mol. The van der Waals surface area contributed by atoms with Crippen LogP contribution in [0.25, 0.3) is 84.1 Å². The summed E-state index contributed by atoms with van der Waals surface area (Å²) in [6.45, 7) is 16.1. The van der Waals surface area contributed by atoms with E-state index in [2.05, 4.69) is 87.4 Å². The highest BCUT2D eigenvalue weighted by atomic mass is 16.3. The normalized spacial score (nSPS) is 13.6. The first-order chi connectivity index (χ1) is 43.5. The molecule has 12 aromatic rings. The summed E-state index contributed by atoms with van der Waals surface area (Å²) in [5, 5.41) is 97.5. The van der Waals surface area contributed by atoms with Crippen LogP contribution < -0.4 is 0 Å². The van der Waals surface area contributed by atoms with Gasteiger partial charge in [0, 0.05) is 77.2 Å². The maximum atomic E-state index is 10.1. The van der Waals surface area contributed by atoms with Crippen molar-refractivity contribution in [3.05, 3.63) is 130 Å². The SMILES string of the molecule is CCC(CC)n1cc(-c2nc(-c3cnn(C[C@@](C)(O)CO)c3)cn3nccc23)cn1.CCC(CC)n1cc(-c2nc(-c3cnn(C[C@H](O)CCO)c3)cn3nccc23)cn1.CCC(CC)n1cc(-c2nc(-c3cnn(C[C@](C)(O)CO)c3)cn3nccc23)cn1. The Bertz CT molecular complexity index is 4060. The Hall–Kier alpha value is -9.12. The van der Waals surface area contributed by atoms with Crippen molar-refractivity contribution in [2.45, 2.75) is 155 Å². The Morgan fingerprint density at radius 3 is 1.02 bits per heavy atom. The van der Waals surface area contributed by atoms with Crippen LogP contribution in [0.1, 0.15) is 118 Å². The minimum absolute atomic E-state index is 0.0548. The van der Waals surface area contributed by atoms with Crippen LogP contribution in [0.5, 0.6) is 0 Å². The molecule has 6 N–H and O–H groups in total. The summed E-state index contributed by atoms with van der Waals surface area (Å²) in [5.41, 5.74) is 10.1. The average Bonchev–Trinajstić information content (AvgIpc) is 1.79. The van der Waals surface area contributed by atoms with E-state index in [9.17, 15) is 25.5 Å². The topological polar surface area (TPSA) is 319 Å². The lowest BCUT2D eigenvalue weighted by Crippen LogP contribution is -2.34. The third-order valence-corrected chi connectivity index (χ3v) is 16.1. The molecule has 12 aromatic heterocycles. The minimum Gasteiger partial charge on any atom is -0.396 e. The van der Waals surface area contributed by atoms with Crippen molar-refractivity contribution >= 4 is 16.6 Å². The van der Waals surface area contributed by atoms with Crippen molar-refractivity contribution in [3.8, 4) is 67.5 Å². The number of hydrogen-bond acceptors (Lipinski definition) is 18. The average molecular weight is 1230 g/mol. The second-order valence-electron chi connectivity index (χ2n) is 23.2. The van der Waals surface area contributed by atoms with Gasteiger partial charge in [-0.2, -0.15) is 45.9 Å². The molecule has 27 nitrogen and oxygen atoms in total. The molecular weight excluding hydrogens is 1150 g/mol. The van der Waals surface area contributed by atoms with Gasteiger partial charge >= 0.3 is 0 Å². The van der Waals surface area contributed by atoms with Crippen molar-refractivity contribution in [2.75, 3.05) is 19.8 Å². The molecule has 0 saturated heterocycles. The van der Waals surface area contributed by atoms with Crippen LogP contribution in [-0.4, -0.2) is 170 Å². The Morgan fingerprint density at radius 2 is 0.711 bits per heavy atom. The van der Waals surface area contributed by atoms with E-state index in [0.717, 1.165) is 111 Å². The van der Waals surface area contributed by atoms with Crippen molar-refractivity contribution in [3.63, 3.8) is 0 Å². The molecule has 12 rings (SSSR count). The van der Waals surface area contributed by atoms with Crippen LogP contribution >= 0.6 is 0 Å². The van der Waals surface area contributed by atoms with Gasteiger partial charge < -0.3 is 30.6 Å². The number of aromatic nitrogens is 21. The van der Waals surface area contributed by atoms with E-state index in [-0.39, 0.29) is 32.9 Å². The highest BCUT2D eigenvalue weighted by molar-refractivity contribution is 5.80. The van der Waals surface area contributed by atoms with E-state index >= 15 is 0 Å². The Kier molecular flexibility index (Phi) is 20.0. The molecular formula is C63H81N21O6. The predicted molar refractivity (Wildman–Crippen MR) is 338 cm³/mol. The number of aliphatic hydroxyl groups excluding tert-OH is 4. The lowest BCUT2D eigenvalue weighted by atomic mass is 10.1. The van der Waals surface area contributed by atoms with Crippen LogP contribution in [-0.2, 0) is 19.6 Å².